The van der Waals surface area contributed by atoms with Crippen molar-refractivity contribution in [3.8, 4) is 17.3 Å². The lowest BCUT2D eigenvalue weighted by Crippen LogP contribution is -2.22. The van der Waals surface area contributed by atoms with Crippen LogP contribution < -0.4 is 10.1 Å². The van der Waals surface area contributed by atoms with Crippen LogP contribution in [0.5, 0.6) is 5.75 Å². The van der Waals surface area contributed by atoms with Crippen molar-refractivity contribution in [3.05, 3.63) is 82.9 Å². The molecule has 0 radical (unpaired) electrons. The van der Waals surface area contributed by atoms with Crippen molar-refractivity contribution in [1.29, 1.82) is 0 Å². The molecule has 0 spiro atoms. The van der Waals surface area contributed by atoms with E-state index in [1.807, 2.05) is 19.1 Å². The van der Waals surface area contributed by atoms with Gasteiger partial charge < -0.3 is 10.1 Å². The second kappa shape index (κ2) is 9.12. The zero-order chi connectivity index (χ0) is 23.7. The zero-order valence-corrected chi connectivity index (χ0v) is 19.3. The Kier molecular flexibility index (Phi) is 5.87. The first kappa shape index (κ1) is 21.9. The molecule has 0 aliphatic carbocycles. The maximum atomic E-state index is 12.6. The number of nitrogens with zero attached hydrogens (tertiary/aromatic N) is 6. The van der Waals surface area contributed by atoms with Crippen LogP contribution in [-0.4, -0.2) is 42.0 Å². The molecule has 5 aromatic rings. The van der Waals surface area contributed by atoms with Crippen molar-refractivity contribution in [2.24, 2.45) is 0 Å². The first-order chi connectivity index (χ1) is 16.5. The molecule has 0 saturated heterocycles. The Hall–Kier alpha value is -3.95. The highest BCUT2D eigenvalue weighted by Gasteiger charge is 2.18. The number of amides is 1. The van der Waals surface area contributed by atoms with Crippen molar-refractivity contribution in [2.45, 2.75) is 6.92 Å². The number of halogens is 2. The number of carbonyl (C=O) groups is 1. The predicted octanol–water partition coefficient (Wildman–Crippen LogP) is 4.63. The number of anilines is 1. The van der Waals surface area contributed by atoms with Crippen molar-refractivity contribution in [1.82, 2.24) is 29.5 Å². The van der Waals surface area contributed by atoms with Crippen LogP contribution in [0.15, 0.2) is 67.1 Å². The molecular weight excluding hydrogens is 477 g/mol. The number of carbonyl (C=O) groups excluding carboxylic acids is 1. The molecule has 170 valence electrons. The number of rotatable bonds is 6. The lowest BCUT2D eigenvalue weighted by Gasteiger charge is -2.10. The van der Waals surface area contributed by atoms with Crippen LogP contribution in [0.4, 0.5) is 5.82 Å². The molecule has 0 aliphatic rings. The monoisotopic (exact) mass is 493 g/mol. The largest absolute Gasteiger partial charge is 0.484 e. The Morgan fingerprint density at radius 3 is 2.44 bits per heavy atom. The van der Waals surface area contributed by atoms with Gasteiger partial charge in [0.05, 0.1) is 23.0 Å². The van der Waals surface area contributed by atoms with Gasteiger partial charge in [-0.3, -0.25) is 4.79 Å². The summed E-state index contributed by atoms with van der Waals surface area (Å²) in [5.74, 6) is 1.11. The number of aromatic nitrogens is 6. The molecule has 0 fully saturated rings. The molecule has 0 bridgehead atoms. The van der Waals surface area contributed by atoms with Crippen LogP contribution in [0.25, 0.3) is 22.5 Å². The summed E-state index contributed by atoms with van der Waals surface area (Å²) in [5, 5.41) is 13.7. The minimum absolute atomic E-state index is 0.181. The van der Waals surface area contributed by atoms with Crippen molar-refractivity contribution in [2.75, 3.05) is 11.9 Å². The van der Waals surface area contributed by atoms with Gasteiger partial charge in [0.1, 0.15) is 17.9 Å². The van der Waals surface area contributed by atoms with E-state index in [9.17, 15) is 4.79 Å². The summed E-state index contributed by atoms with van der Waals surface area (Å²) in [6.07, 6.45) is 3.09. The Bertz CT molecular complexity index is 1480. The molecular formula is C23H17Cl2N7O2. The third-order valence-corrected chi connectivity index (χ3v) is 5.40. The van der Waals surface area contributed by atoms with Gasteiger partial charge in [0.15, 0.2) is 18.1 Å². The number of nitrogens with one attached hydrogen (secondary N) is 1. The number of ether oxygens (including phenoxy) is 1. The summed E-state index contributed by atoms with van der Waals surface area (Å²) >= 11 is 11.9. The molecule has 3 heterocycles. The van der Waals surface area contributed by atoms with Gasteiger partial charge in [0.25, 0.3) is 5.91 Å². The van der Waals surface area contributed by atoms with Crippen molar-refractivity contribution >= 4 is 46.0 Å². The van der Waals surface area contributed by atoms with Gasteiger partial charge >= 0.3 is 0 Å². The van der Waals surface area contributed by atoms with Gasteiger partial charge in [-0.15, -0.1) is 0 Å². The predicted molar refractivity (Wildman–Crippen MR) is 129 cm³/mol. The maximum absolute atomic E-state index is 12.6. The van der Waals surface area contributed by atoms with Crippen LogP contribution >= 0.6 is 23.2 Å². The fourth-order valence-corrected chi connectivity index (χ4v) is 3.63. The molecule has 1 amide bonds. The Morgan fingerprint density at radius 2 is 1.71 bits per heavy atom. The number of fused-ring (bicyclic) bond motifs is 1. The van der Waals surface area contributed by atoms with E-state index in [1.165, 1.54) is 6.33 Å². The van der Waals surface area contributed by atoms with E-state index in [1.54, 1.807) is 58.0 Å². The van der Waals surface area contributed by atoms with E-state index >= 15 is 0 Å². The third-order valence-electron chi connectivity index (χ3n) is 4.90. The Balaban J connectivity index is 1.42. The SMILES string of the molecule is Cc1cc(NC(=O)COc2ccc(Cl)cc2)n(-c2ncnc3c2cnn3-c2ccc(Cl)cc2)n1. The molecule has 1 N–H and O–H groups in total. The van der Waals surface area contributed by atoms with Gasteiger partial charge in [0, 0.05) is 16.1 Å². The molecule has 9 nitrogen and oxygen atoms in total. The Morgan fingerprint density at radius 1 is 1.00 bits per heavy atom. The molecule has 2 aromatic carbocycles. The van der Waals surface area contributed by atoms with Gasteiger partial charge in [-0.05, 0) is 55.5 Å². The van der Waals surface area contributed by atoms with E-state index < -0.39 is 0 Å². The second-order valence-electron chi connectivity index (χ2n) is 7.34. The second-order valence-corrected chi connectivity index (χ2v) is 8.21. The van der Waals surface area contributed by atoms with Gasteiger partial charge in [0.2, 0.25) is 0 Å². The first-order valence-electron chi connectivity index (χ1n) is 10.2. The molecule has 0 aliphatic heterocycles. The normalized spacial score (nSPS) is 11.0. The molecule has 34 heavy (non-hydrogen) atoms. The molecule has 0 atom stereocenters. The number of aryl methyl sites for hydroxylation is 1. The van der Waals surface area contributed by atoms with Gasteiger partial charge in [-0.25, -0.2) is 14.6 Å². The summed E-state index contributed by atoms with van der Waals surface area (Å²) in [7, 11) is 0. The van der Waals surface area contributed by atoms with Crippen molar-refractivity contribution in [3.63, 3.8) is 0 Å². The van der Waals surface area contributed by atoms with Crippen LogP contribution in [0, 0.1) is 6.92 Å². The van der Waals surface area contributed by atoms with Crippen molar-refractivity contribution < 1.29 is 9.53 Å². The summed E-state index contributed by atoms with van der Waals surface area (Å²) in [6, 6.07) is 15.8. The van der Waals surface area contributed by atoms with E-state index in [2.05, 4.69) is 25.5 Å². The summed E-state index contributed by atoms with van der Waals surface area (Å²) in [6.45, 7) is 1.64. The average molecular weight is 494 g/mol. The van der Waals surface area contributed by atoms with E-state index in [-0.39, 0.29) is 12.5 Å². The standard InChI is InChI=1S/C23H17Cl2N7O2/c1-14-10-20(29-21(33)12-34-18-8-4-16(25)5-9-18)32(30-14)23-19-11-28-31(22(19)26-13-27-23)17-6-2-15(24)3-7-17/h2-11,13H,12H2,1H3,(H,29,33). The third kappa shape index (κ3) is 4.43. The molecule has 5 rings (SSSR count). The summed E-state index contributed by atoms with van der Waals surface area (Å²) in [5.41, 5.74) is 2.09. The molecule has 0 unspecified atom stereocenters. The summed E-state index contributed by atoms with van der Waals surface area (Å²) < 4.78 is 8.76. The first-order valence-corrected chi connectivity index (χ1v) is 10.9. The number of benzene rings is 2. The lowest BCUT2D eigenvalue weighted by atomic mass is 10.3. The van der Waals surface area contributed by atoms with Gasteiger partial charge in [-0.1, -0.05) is 23.2 Å². The number of hydrogen-bond acceptors (Lipinski definition) is 6. The average Bonchev–Trinajstić information content (AvgIpc) is 3.42. The Labute approximate surface area is 203 Å². The minimum Gasteiger partial charge on any atom is -0.484 e. The van der Waals surface area contributed by atoms with Gasteiger partial charge in [-0.2, -0.15) is 14.9 Å². The minimum atomic E-state index is -0.349. The van der Waals surface area contributed by atoms with Crippen LogP contribution in [-0.2, 0) is 4.79 Å². The topological polar surface area (TPSA) is 99.7 Å². The molecule has 0 saturated carbocycles. The maximum Gasteiger partial charge on any atom is 0.263 e. The van der Waals surface area contributed by atoms with E-state index in [0.29, 0.717) is 44.2 Å². The van der Waals surface area contributed by atoms with Crippen LogP contribution in [0.1, 0.15) is 5.69 Å². The fraction of sp³-hybridized carbons (Fsp3) is 0.0870. The molecule has 11 heteroatoms. The highest BCUT2D eigenvalue weighted by atomic mass is 35.5. The fourth-order valence-electron chi connectivity index (χ4n) is 3.38. The van der Waals surface area contributed by atoms with Crippen LogP contribution in [0.3, 0.4) is 0 Å². The van der Waals surface area contributed by atoms with E-state index in [0.717, 1.165) is 5.69 Å². The smallest absolute Gasteiger partial charge is 0.263 e. The lowest BCUT2D eigenvalue weighted by molar-refractivity contribution is -0.118. The highest BCUT2D eigenvalue weighted by Crippen LogP contribution is 2.25. The van der Waals surface area contributed by atoms with E-state index in [4.69, 9.17) is 27.9 Å². The highest BCUT2D eigenvalue weighted by molar-refractivity contribution is 6.30. The quantitative estimate of drug-likeness (QED) is 0.370. The zero-order valence-electron chi connectivity index (χ0n) is 17.8. The number of hydrogen-bond donors (Lipinski definition) is 1. The summed E-state index contributed by atoms with van der Waals surface area (Å²) in [4.78, 5) is 21.4. The van der Waals surface area contributed by atoms with Crippen LogP contribution in [0.2, 0.25) is 10.0 Å². The molecule has 3 aromatic heterocycles.